The van der Waals surface area contributed by atoms with Crippen LogP contribution in [-0.2, 0) is 28.9 Å². The average molecular weight is 425 g/mol. The maximum atomic E-state index is 12.4. The van der Waals surface area contributed by atoms with Crippen LogP contribution in [0.1, 0.15) is 29.7 Å². The molecule has 0 saturated carbocycles. The quantitative estimate of drug-likeness (QED) is 0.614. The van der Waals surface area contributed by atoms with Gasteiger partial charge < -0.3 is 15.2 Å². The van der Waals surface area contributed by atoms with E-state index in [-0.39, 0.29) is 18.1 Å². The van der Waals surface area contributed by atoms with Gasteiger partial charge in [-0.2, -0.15) is 0 Å². The molecule has 6 heteroatoms. The number of hydrogen-bond donors (Lipinski definition) is 2. The van der Waals surface area contributed by atoms with Gasteiger partial charge in [0.05, 0.1) is 12.1 Å². The SMILES string of the molecule is O=C(Cc1ncc2ccc(CC3CCOCC3)cc2c1O)NCc1ccc(Cl)cc1. The summed E-state index contributed by atoms with van der Waals surface area (Å²) in [5, 5.41) is 15.9. The third-order valence-corrected chi connectivity index (χ3v) is 5.85. The predicted molar refractivity (Wildman–Crippen MR) is 118 cm³/mol. The van der Waals surface area contributed by atoms with Crippen molar-refractivity contribution in [2.75, 3.05) is 13.2 Å². The third-order valence-electron chi connectivity index (χ3n) is 5.60. The zero-order valence-corrected chi connectivity index (χ0v) is 17.5. The molecule has 2 aromatic carbocycles. The normalized spacial score (nSPS) is 14.7. The second-order valence-electron chi connectivity index (χ2n) is 7.81. The number of nitrogens with zero attached hydrogens (tertiary/aromatic N) is 1. The third kappa shape index (κ3) is 5.10. The second kappa shape index (κ2) is 9.45. The summed E-state index contributed by atoms with van der Waals surface area (Å²) >= 11 is 5.88. The Balaban J connectivity index is 1.44. The molecule has 5 nitrogen and oxygen atoms in total. The summed E-state index contributed by atoms with van der Waals surface area (Å²) in [6, 6.07) is 13.4. The molecule has 2 heterocycles. The maximum absolute atomic E-state index is 12.4. The first kappa shape index (κ1) is 20.6. The van der Waals surface area contributed by atoms with Gasteiger partial charge in [-0.25, -0.2) is 0 Å². The number of fused-ring (bicyclic) bond motifs is 1. The van der Waals surface area contributed by atoms with E-state index in [2.05, 4.69) is 16.4 Å². The van der Waals surface area contributed by atoms with Crippen LogP contribution in [0.4, 0.5) is 0 Å². The van der Waals surface area contributed by atoms with E-state index >= 15 is 0 Å². The monoisotopic (exact) mass is 424 g/mol. The summed E-state index contributed by atoms with van der Waals surface area (Å²) in [6.07, 6.45) is 4.85. The lowest BCUT2D eigenvalue weighted by molar-refractivity contribution is -0.120. The van der Waals surface area contributed by atoms with E-state index in [0.717, 1.165) is 48.8 Å². The molecule has 156 valence electrons. The van der Waals surface area contributed by atoms with E-state index < -0.39 is 0 Å². The molecule has 1 aliphatic rings. The number of hydrogen-bond acceptors (Lipinski definition) is 4. The number of aromatic nitrogens is 1. The van der Waals surface area contributed by atoms with Gasteiger partial charge in [0.1, 0.15) is 5.75 Å². The van der Waals surface area contributed by atoms with Gasteiger partial charge in [0.2, 0.25) is 5.91 Å². The Morgan fingerprint density at radius 3 is 2.63 bits per heavy atom. The van der Waals surface area contributed by atoms with Crippen molar-refractivity contribution < 1.29 is 14.6 Å². The van der Waals surface area contributed by atoms with E-state index in [1.807, 2.05) is 24.3 Å². The Morgan fingerprint density at radius 1 is 1.13 bits per heavy atom. The Bertz CT molecular complexity index is 1030. The number of carbonyl (C=O) groups is 1. The number of ether oxygens (including phenoxy) is 1. The smallest absolute Gasteiger partial charge is 0.226 e. The fourth-order valence-corrected chi connectivity index (χ4v) is 3.97. The van der Waals surface area contributed by atoms with Gasteiger partial charge in [-0.3, -0.25) is 9.78 Å². The molecule has 1 aliphatic heterocycles. The molecule has 30 heavy (non-hydrogen) atoms. The Hall–Kier alpha value is -2.63. The van der Waals surface area contributed by atoms with Crippen molar-refractivity contribution in [1.29, 1.82) is 0 Å². The van der Waals surface area contributed by atoms with Gasteiger partial charge in [0.25, 0.3) is 0 Å². The Kier molecular flexibility index (Phi) is 6.50. The lowest BCUT2D eigenvalue weighted by Crippen LogP contribution is -2.24. The minimum atomic E-state index is -0.189. The standard InChI is InChI=1S/C24H25ClN2O3/c25-20-5-2-17(3-6-20)14-27-23(28)13-22-24(29)21-12-18(1-4-19(21)15-26-22)11-16-7-9-30-10-8-16/h1-6,12,15-16,29H,7-11,13-14H2,(H,27,28). The van der Waals surface area contributed by atoms with Crippen LogP contribution in [0.2, 0.25) is 5.02 Å². The highest BCUT2D eigenvalue weighted by atomic mass is 35.5. The second-order valence-corrected chi connectivity index (χ2v) is 8.25. The van der Waals surface area contributed by atoms with Gasteiger partial charge in [-0.1, -0.05) is 35.9 Å². The summed E-state index contributed by atoms with van der Waals surface area (Å²) < 4.78 is 5.44. The van der Waals surface area contributed by atoms with E-state index in [1.165, 1.54) is 5.56 Å². The van der Waals surface area contributed by atoms with Gasteiger partial charge in [-0.15, -0.1) is 0 Å². The first-order valence-electron chi connectivity index (χ1n) is 10.3. The van der Waals surface area contributed by atoms with Gasteiger partial charge in [-0.05, 0) is 54.5 Å². The van der Waals surface area contributed by atoms with Crippen LogP contribution in [-0.4, -0.2) is 29.2 Å². The molecule has 0 radical (unpaired) electrons. The fourth-order valence-electron chi connectivity index (χ4n) is 3.84. The Morgan fingerprint density at radius 2 is 1.87 bits per heavy atom. The zero-order valence-electron chi connectivity index (χ0n) is 16.7. The van der Waals surface area contributed by atoms with Gasteiger partial charge >= 0.3 is 0 Å². The summed E-state index contributed by atoms with van der Waals surface area (Å²) in [6.45, 7) is 2.05. The molecule has 0 atom stereocenters. The molecule has 0 unspecified atom stereocenters. The van der Waals surface area contributed by atoms with Crippen molar-refractivity contribution >= 4 is 28.3 Å². The van der Waals surface area contributed by atoms with Crippen LogP contribution in [0, 0.1) is 5.92 Å². The molecule has 3 aromatic rings. The van der Waals surface area contributed by atoms with E-state index in [9.17, 15) is 9.90 Å². The highest BCUT2D eigenvalue weighted by Crippen LogP contribution is 2.30. The molecule has 1 fully saturated rings. The highest BCUT2D eigenvalue weighted by Gasteiger charge is 2.16. The van der Waals surface area contributed by atoms with Crippen LogP contribution < -0.4 is 5.32 Å². The number of aromatic hydroxyl groups is 1. The number of pyridine rings is 1. The molecule has 0 bridgehead atoms. The average Bonchev–Trinajstić information content (AvgIpc) is 2.76. The van der Waals surface area contributed by atoms with Crippen molar-refractivity contribution in [2.45, 2.75) is 32.2 Å². The van der Waals surface area contributed by atoms with Crippen molar-refractivity contribution in [1.82, 2.24) is 10.3 Å². The maximum Gasteiger partial charge on any atom is 0.226 e. The van der Waals surface area contributed by atoms with Crippen LogP contribution in [0.15, 0.2) is 48.7 Å². The summed E-state index contributed by atoms with van der Waals surface area (Å²) in [4.78, 5) is 16.7. The van der Waals surface area contributed by atoms with E-state index in [0.29, 0.717) is 23.2 Å². The molecule has 1 saturated heterocycles. The number of carbonyl (C=O) groups excluding carboxylic acids is 1. The molecule has 1 amide bonds. The molecule has 2 N–H and O–H groups in total. The number of nitrogens with one attached hydrogen (secondary N) is 1. The fraction of sp³-hybridized carbons (Fsp3) is 0.333. The summed E-state index contributed by atoms with van der Waals surface area (Å²) in [5.74, 6) is 0.506. The predicted octanol–water partition coefficient (Wildman–Crippen LogP) is 4.42. The van der Waals surface area contributed by atoms with Crippen LogP contribution in [0.25, 0.3) is 10.8 Å². The summed E-state index contributed by atoms with van der Waals surface area (Å²) in [7, 11) is 0. The van der Waals surface area contributed by atoms with E-state index in [4.69, 9.17) is 16.3 Å². The molecule has 1 aromatic heterocycles. The molecule has 4 rings (SSSR count). The first-order chi connectivity index (χ1) is 14.6. The van der Waals surface area contributed by atoms with Crippen molar-refractivity contribution in [3.05, 3.63) is 70.5 Å². The number of benzene rings is 2. The van der Waals surface area contributed by atoms with Gasteiger partial charge in [0.15, 0.2) is 0 Å². The lowest BCUT2D eigenvalue weighted by atomic mass is 9.91. The number of rotatable bonds is 6. The van der Waals surface area contributed by atoms with Crippen LogP contribution in [0.3, 0.4) is 0 Å². The molecule has 0 aliphatic carbocycles. The highest BCUT2D eigenvalue weighted by molar-refractivity contribution is 6.30. The number of amides is 1. The molecule has 0 spiro atoms. The minimum Gasteiger partial charge on any atom is -0.505 e. The first-order valence-corrected chi connectivity index (χ1v) is 10.6. The molecular weight excluding hydrogens is 400 g/mol. The number of halogens is 1. The van der Waals surface area contributed by atoms with Crippen molar-refractivity contribution in [2.24, 2.45) is 5.92 Å². The van der Waals surface area contributed by atoms with Crippen LogP contribution in [0.5, 0.6) is 5.75 Å². The van der Waals surface area contributed by atoms with Gasteiger partial charge in [0, 0.05) is 41.8 Å². The minimum absolute atomic E-state index is 0.0273. The lowest BCUT2D eigenvalue weighted by Gasteiger charge is -2.22. The summed E-state index contributed by atoms with van der Waals surface area (Å²) in [5.41, 5.74) is 2.54. The Labute approximate surface area is 181 Å². The van der Waals surface area contributed by atoms with Crippen molar-refractivity contribution in [3.8, 4) is 5.75 Å². The largest absolute Gasteiger partial charge is 0.505 e. The topological polar surface area (TPSA) is 71.5 Å². The van der Waals surface area contributed by atoms with Crippen LogP contribution >= 0.6 is 11.6 Å². The van der Waals surface area contributed by atoms with Crippen molar-refractivity contribution in [3.63, 3.8) is 0 Å². The van der Waals surface area contributed by atoms with E-state index in [1.54, 1.807) is 18.3 Å². The zero-order chi connectivity index (χ0) is 20.9. The molecular formula is C24H25ClN2O3.